The first-order chi connectivity index (χ1) is 14.7. The van der Waals surface area contributed by atoms with Crippen LogP contribution in [0.15, 0.2) is 47.4 Å². The lowest BCUT2D eigenvalue weighted by molar-refractivity contribution is 0.602. The van der Waals surface area contributed by atoms with Gasteiger partial charge in [-0.15, -0.1) is 0 Å². The molecular formula is C21H19N7O2S. The maximum absolute atomic E-state index is 12.2. The smallest absolute Gasteiger partial charge is 0.177 e. The van der Waals surface area contributed by atoms with E-state index >= 15 is 0 Å². The molecule has 0 saturated heterocycles. The van der Waals surface area contributed by atoms with Gasteiger partial charge in [-0.25, -0.2) is 23.4 Å². The molecule has 0 bridgehead atoms. The molecule has 31 heavy (non-hydrogen) atoms. The molecule has 0 spiro atoms. The molecule has 0 amide bonds. The van der Waals surface area contributed by atoms with Gasteiger partial charge < -0.3 is 15.6 Å². The number of sulfone groups is 1. The van der Waals surface area contributed by atoms with E-state index in [1.807, 2.05) is 6.92 Å². The summed E-state index contributed by atoms with van der Waals surface area (Å²) in [5.41, 5.74) is 3.24. The summed E-state index contributed by atoms with van der Waals surface area (Å²) in [6.45, 7) is 3.57. The molecule has 4 aromatic rings. The second kappa shape index (κ2) is 7.70. The average molecular weight is 433 g/mol. The molecule has 0 fully saturated rings. The average Bonchev–Trinajstić information content (AvgIpc) is 3.08. The maximum atomic E-state index is 12.2. The number of hydrogen-bond donors (Lipinski definition) is 3. The minimum Gasteiger partial charge on any atom is -0.352 e. The van der Waals surface area contributed by atoms with Crippen molar-refractivity contribution in [2.75, 3.05) is 16.9 Å². The second-order valence-electron chi connectivity index (χ2n) is 7.03. The topological polar surface area (TPSA) is 136 Å². The molecule has 0 aliphatic carbocycles. The Morgan fingerprint density at radius 1 is 0.968 bits per heavy atom. The van der Waals surface area contributed by atoms with E-state index < -0.39 is 9.84 Å². The summed E-state index contributed by atoms with van der Waals surface area (Å²) < 4.78 is 24.4. The molecule has 156 valence electrons. The number of H-pyrrole nitrogens is 1. The van der Waals surface area contributed by atoms with Crippen LogP contribution >= 0.6 is 0 Å². The summed E-state index contributed by atoms with van der Waals surface area (Å²) in [5, 5.41) is 15.4. The lowest BCUT2D eigenvalue weighted by Crippen LogP contribution is -2.04. The van der Waals surface area contributed by atoms with Gasteiger partial charge in [0.05, 0.1) is 27.5 Å². The maximum Gasteiger partial charge on any atom is 0.177 e. The van der Waals surface area contributed by atoms with Gasteiger partial charge in [-0.2, -0.15) is 5.26 Å². The van der Waals surface area contributed by atoms with Gasteiger partial charge in [0.2, 0.25) is 0 Å². The number of nitrogens with one attached hydrogen (secondary N) is 3. The highest BCUT2D eigenvalue weighted by Crippen LogP contribution is 2.31. The van der Waals surface area contributed by atoms with Crippen molar-refractivity contribution in [3.05, 3.63) is 59.5 Å². The first-order valence-electron chi connectivity index (χ1n) is 9.33. The van der Waals surface area contributed by atoms with Crippen LogP contribution in [-0.2, 0) is 9.84 Å². The normalized spacial score (nSPS) is 11.3. The molecule has 3 N–H and O–H groups in total. The number of imidazole rings is 1. The number of anilines is 4. The van der Waals surface area contributed by atoms with Crippen molar-refractivity contribution in [2.24, 2.45) is 0 Å². The van der Waals surface area contributed by atoms with Gasteiger partial charge in [0.15, 0.2) is 15.5 Å². The summed E-state index contributed by atoms with van der Waals surface area (Å²) >= 11 is 0. The second-order valence-corrected chi connectivity index (χ2v) is 9.02. The van der Waals surface area contributed by atoms with Gasteiger partial charge >= 0.3 is 0 Å². The van der Waals surface area contributed by atoms with Crippen LogP contribution in [0.4, 0.5) is 23.0 Å². The van der Waals surface area contributed by atoms with Gasteiger partial charge in [0.1, 0.15) is 29.0 Å². The highest BCUT2D eigenvalue weighted by Gasteiger charge is 2.16. The molecule has 10 heteroatoms. The lowest BCUT2D eigenvalue weighted by Gasteiger charge is -2.13. The standard InChI is InChI=1S/C21H19N7O2S/c1-12-14(11-22)8-9-18(23-12)27-19-10-16(20-21(28-19)25-13(2)24-20)26-15-6-4-5-7-17(15)31(3,29)30/h4-10H,1-3H3,(H3,23,24,25,26,27,28). The number of para-hydroxylation sites is 1. The number of rotatable bonds is 5. The fourth-order valence-corrected chi connectivity index (χ4v) is 4.03. The van der Waals surface area contributed by atoms with E-state index in [2.05, 4.69) is 36.6 Å². The van der Waals surface area contributed by atoms with Crippen LogP contribution in [0.5, 0.6) is 0 Å². The quantitative estimate of drug-likeness (QED) is 0.433. The van der Waals surface area contributed by atoms with Crippen molar-refractivity contribution in [3.8, 4) is 6.07 Å². The van der Waals surface area contributed by atoms with Crippen LogP contribution in [0.2, 0.25) is 0 Å². The van der Waals surface area contributed by atoms with E-state index in [0.717, 1.165) is 0 Å². The Labute approximate surface area is 179 Å². The summed E-state index contributed by atoms with van der Waals surface area (Å²) in [7, 11) is -3.43. The third-order valence-corrected chi connectivity index (χ3v) is 5.74. The summed E-state index contributed by atoms with van der Waals surface area (Å²) in [6.07, 6.45) is 1.17. The number of hydrogen-bond acceptors (Lipinski definition) is 8. The molecule has 9 nitrogen and oxygen atoms in total. The molecule has 0 unspecified atom stereocenters. The molecule has 1 aromatic carbocycles. The van der Waals surface area contributed by atoms with Crippen LogP contribution < -0.4 is 10.6 Å². The molecule has 3 heterocycles. The highest BCUT2D eigenvalue weighted by atomic mass is 32.2. The van der Waals surface area contributed by atoms with Crippen LogP contribution in [-0.4, -0.2) is 34.6 Å². The Kier molecular flexibility index (Phi) is 5.04. The van der Waals surface area contributed by atoms with Crippen molar-refractivity contribution in [2.45, 2.75) is 18.7 Å². The highest BCUT2D eigenvalue weighted by molar-refractivity contribution is 7.90. The SMILES string of the molecule is Cc1nc2c(Nc3ccccc3S(C)(=O)=O)cc(Nc3ccc(C#N)c(C)n3)nc2[nH]1. The number of aromatic amines is 1. The van der Waals surface area contributed by atoms with Gasteiger partial charge in [0, 0.05) is 12.3 Å². The Balaban J connectivity index is 1.78. The molecule has 0 aliphatic rings. The van der Waals surface area contributed by atoms with E-state index in [1.165, 1.54) is 6.26 Å². The fourth-order valence-electron chi connectivity index (χ4n) is 3.18. The summed E-state index contributed by atoms with van der Waals surface area (Å²) in [6, 6.07) is 13.9. The number of nitrogens with zero attached hydrogens (tertiary/aromatic N) is 4. The zero-order valence-electron chi connectivity index (χ0n) is 17.1. The molecule has 0 aliphatic heterocycles. The fraction of sp³-hybridized carbons (Fsp3) is 0.143. The van der Waals surface area contributed by atoms with Crippen LogP contribution in [0.1, 0.15) is 17.1 Å². The zero-order valence-corrected chi connectivity index (χ0v) is 17.9. The third kappa shape index (κ3) is 4.17. The summed E-state index contributed by atoms with van der Waals surface area (Å²) in [5.74, 6) is 1.68. The number of fused-ring (bicyclic) bond motifs is 1. The first-order valence-corrected chi connectivity index (χ1v) is 11.2. The molecule has 4 rings (SSSR count). The minimum atomic E-state index is -3.43. The van der Waals surface area contributed by atoms with Gasteiger partial charge in [-0.05, 0) is 38.1 Å². The molecule has 0 saturated carbocycles. The van der Waals surface area contributed by atoms with Gasteiger partial charge in [-0.1, -0.05) is 12.1 Å². The van der Waals surface area contributed by atoms with E-state index in [4.69, 9.17) is 5.26 Å². The largest absolute Gasteiger partial charge is 0.352 e. The predicted octanol–water partition coefficient (Wildman–Crippen LogP) is 3.73. The Bertz CT molecular complexity index is 1450. The number of pyridine rings is 2. The number of aromatic nitrogens is 4. The molecular weight excluding hydrogens is 414 g/mol. The van der Waals surface area contributed by atoms with E-state index in [1.54, 1.807) is 49.4 Å². The van der Waals surface area contributed by atoms with E-state index in [9.17, 15) is 8.42 Å². The number of nitriles is 1. The van der Waals surface area contributed by atoms with Crippen molar-refractivity contribution >= 4 is 44.0 Å². The number of aryl methyl sites for hydroxylation is 2. The van der Waals surface area contributed by atoms with Crippen molar-refractivity contribution in [1.29, 1.82) is 5.26 Å². The first kappa shape index (κ1) is 20.3. The van der Waals surface area contributed by atoms with Gasteiger partial charge in [0.25, 0.3) is 0 Å². The third-order valence-electron chi connectivity index (χ3n) is 4.59. The Morgan fingerprint density at radius 3 is 2.45 bits per heavy atom. The minimum absolute atomic E-state index is 0.186. The zero-order chi connectivity index (χ0) is 22.2. The lowest BCUT2D eigenvalue weighted by atomic mass is 10.2. The molecule has 3 aromatic heterocycles. The number of benzene rings is 1. The Morgan fingerprint density at radius 2 is 1.74 bits per heavy atom. The van der Waals surface area contributed by atoms with E-state index in [-0.39, 0.29) is 4.90 Å². The van der Waals surface area contributed by atoms with Crippen LogP contribution in [0.3, 0.4) is 0 Å². The predicted molar refractivity (Wildman–Crippen MR) is 118 cm³/mol. The Hall–Kier alpha value is -3.97. The van der Waals surface area contributed by atoms with Gasteiger partial charge in [-0.3, -0.25) is 0 Å². The monoisotopic (exact) mass is 433 g/mol. The van der Waals surface area contributed by atoms with Crippen molar-refractivity contribution in [3.63, 3.8) is 0 Å². The van der Waals surface area contributed by atoms with Crippen LogP contribution in [0, 0.1) is 25.2 Å². The molecule has 0 atom stereocenters. The van der Waals surface area contributed by atoms with Crippen LogP contribution in [0.25, 0.3) is 11.2 Å². The van der Waals surface area contributed by atoms with Crippen molar-refractivity contribution in [1.82, 2.24) is 19.9 Å². The summed E-state index contributed by atoms with van der Waals surface area (Å²) in [4.78, 5) is 16.7. The van der Waals surface area contributed by atoms with E-state index in [0.29, 0.717) is 51.3 Å². The molecule has 0 radical (unpaired) electrons. The van der Waals surface area contributed by atoms with Crippen molar-refractivity contribution < 1.29 is 8.42 Å².